The van der Waals surface area contributed by atoms with Crippen LogP contribution in [-0.4, -0.2) is 24.4 Å². The minimum atomic E-state index is -0.0554. The molecule has 4 nitrogen and oxygen atoms in total. The van der Waals surface area contributed by atoms with Crippen LogP contribution in [0.3, 0.4) is 0 Å². The maximum Gasteiger partial charge on any atom is 0.235 e. The molecule has 16 heavy (non-hydrogen) atoms. The summed E-state index contributed by atoms with van der Waals surface area (Å²) in [5.74, 6) is 0.112. The molecule has 0 spiro atoms. The van der Waals surface area contributed by atoms with Crippen LogP contribution < -0.4 is 10.6 Å². The van der Waals surface area contributed by atoms with Crippen LogP contribution in [-0.2, 0) is 4.79 Å². The van der Waals surface area contributed by atoms with Crippen molar-refractivity contribution < 1.29 is 9.59 Å². The monoisotopic (exact) mass is 218 g/mol. The SMILES string of the molecule is O=C1CNC(CCC(=O)c2ccccc2)N1. The van der Waals surface area contributed by atoms with Gasteiger partial charge in [0.1, 0.15) is 0 Å². The van der Waals surface area contributed by atoms with E-state index in [1.165, 1.54) is 0 Å². The molecule has 1 saturated heterocycles. The summed E-state index contributed by atoms with van der Waals surface area (Å²) in [4.78, 5) is 22.7. The number of rotatable bonds is 4. The van der Waals surface area contributed by atoms with Crippen molar-refractivity contribution in [2.75, 3.05) is 6.54 Å². The maximum absolute atomic E-state index is 11.7. The highest BCUT2D eigenvalue weighted by molar-refractivity contribution is 5.96. The van der Waals surface area contributed by atoms with Gasteiger partial charge in [0.2, 0.25) is 5.91 Å². The fourth-order valence-electron chi connectivity index (χ4n) is 1.73. The van der Waals surface area contributed by atoms with Crippen molar-refractivity contribution in [1.29, 1.82) is 0 Å². The molecule has 0 aromatic heterocycles. The van der Waals surface area contributed by atoms with Gasteiger partial charge in [0.15, 0.2) is 5.78 Å². The summed E-state index contributed by atoms with van der Waals surface area (Å²) >= 11 is 0. The van der Waals surface area contributed by atoms with Crippen LogP contribution in [0.2, 0.25) is 0 Å². The Morgan fingerprint density at radius 1 is 1.31 bits per heavy atom. The first-order valence-electron chi connectivity index (χ1n) is 5.37. The third-order valence-corrected chi connectivity index (χ3v) is 2.60. The number of carbonyl (C=O) groups is 2. The summed E-state index contributed by atoms with van der Waals surface area (Å²) in [5, 5.41) is 5.76. The molecule has 1 aromatic carbocycles. The molecule has 1 aromatic rings. The van der Waals surface area contributed by atoms with E-state index in [0.29, 0.717) is 19.4 Å². The molecule has 0 saturated carbocycles. The van der Waals surface area contributed by atoms with Crippen LogP contribution in [0.1, 0.15) is 23.2 Å². The lowest BCUT2D eigenvalue weighted by Gasteiger charge is -2.09. The minimum Gasteiger partial charge on any atom is -0.340 e. The predicted octanol–water partition coefficient (Wildman–Crippen LogP) is 0.695. The van der Waals surface area contributed by atoms with Gasteiger partial charge in [0.05, 0.1) is 12.7 Å². The summed E-state index contributed by atoms with van der Waals surface area (Å²) in [6.45, 7) is 0.351. The highest BCUT2D eigenvalue weighted by atomic mass is 16.2. The Bertz CT molecular complexity index is 389. The molecule has 4 heteroatoms. The molecule has 1 heterocycles. The van der Waals surface area contributed by atoms with Gasteiger partial charge in [-0.3, -0.25) is 14.9 Å². The first-order chi connectivity index (χ1) is 7.75. The number of hydrogen-bond donors (Lipinski definition) is 2. The third-order valence-electron chi connectivity index (χ3n) is 2.60. The Hall–Kier alpha value is -1.68. The van der Waals surface area contributed by atoms with Gasteiger partial charge in [0, 0.05) is 12.0 Å². The Balaban J connectivity index is 1.82. The van der Waals surface area contributed by atoms with Gasteiger partial charge in [-0.25, -0.2) is 0 Å². The Kier molecular flexibility index (Phi) is 3.31. The van der Waals surface area contributed by atoms with Crippen LogP contribution >= 0.6 is 0 Å². The van der Waals surface area contributed by atoms with E-state index in [1.807, 2.05) is 30.3 Å². The molecule has 84 valence electrons. The topological polar surface area (TPSA) is 58.2 Å². The van der Waals surface area contributed by atoms with Gasteiger partial charge in [-0.1, -0.05) is 30.3 Å². The molecule has 2 N–H and O–H groups in total. The zero-order chi connectivity index (χ0) is 11.4. The lowest BCUT2D eigenvalue weighted by Crippen LogP contribution is -2.32. The number of hydrogen-bond acceptors (Lipinski definition) is 3. The number of ketones is 1. The van der Waals surface area contributed by atoms with E-state index in [0.717, 1.165) is 5.56 Å². The standard InChI is InChI=1S/C12H14N2O2/c15-10(9-4-2-1-3-5-9)6-7-11-13-8-12(16)14-11/h1-5,11,13H,6-8H2,(H,14,16). The van der Waals surface area contributed by atoms with Crippen LogP contribution in [0, 0.1) is 0 Å². The summed E-state index contributed by atoms with van der Waals surface area (Å²) < 4.78 is 0. The van der Waals surface area contributed by atoms with E-state index in [1.54, 1.807) is 0 Å². The molecular formula is C12H14N2O2. The number of nitrogens with one attached hydrogen (secondary N) is 2. The summed E-state index contributed by atoms with van der Waals surface area (Å²) in [5.41, 5.74) is 0.729. The van der Waals surface area contributed by atoms with E-state index in [9.17, 15) is 9.59 Å². The van der Waals surface area contributed by atoms with E-state index in [-0.39, 0.29) is 17.9 Å². The number of amides is 1. The summed E-state index contributed by atoms with van der Waals surface area (Å²) in [6, 6.07) is 9.20. The van der Waals surface area contributed by atoms with Gasteiger partial charge in [-0.15, -0.1) is 0 Å². The van der Waals surface area contributed by atoms with Crippen LogP contribution in [0.5, 0.6) is 0 Å². The summed E-state index contributed by atoms with van der Waals surface area (Å²) in [7, 11) is 0. The smallest absolute Gasteiger partial charge is 0.235 e. The number of benzene rings is 1. The van der Waals surface area contributed by atoms with Gasteiger partial charge in [-0.05, 0) is 6.42 Å². The predicted molar refractivity (Wildman–Crippen MR) is 59.9 cm³/mol. The Morgan fingerprint density at radius 2 is 2.06 bits per heavy atom. The molecule has 1 atom stereocenters. The quantitative estimate of drug-likeness (QED) is 0.731. The molecule has 1 fully saturated rings. The fraction of sp³-hybridized carbons (Fsp3) is 0.333. The Labute approximate surface area is 94.0 Å². The van der Waals surface area contributed by atoms with E-state index in [4.69, 9.17) is 0 Å². The molecule has 0 radical (unpaired) electrons. The van der Waals surface area contributed by atoms with E-state index < -0.39 is 0 Å². The maximum atomic E-state index is 11.7. The van der Waals surface area contributed by atoms with Gasteiger partial charge in [-0.2, -0.15) is 0 Å². The van der Waals surface area contributed by atoms with Crippen molar-refractivity contribution in [2.24, 2.45) is 0 Å². The molecule has 0 aliphatic carbocycles. The van der Waals surface area contributed by atoms with Crippen LogP contribution in [0.15, 0.2) is 30.3 Å². The largest absolute Gasteiger partial charge is 0.340 e. The summed E-state index contributed by atoms with van der Waals surface area (Å²) in [6.07, 6.45) is 1.03. The normalized spacial score (nSPS) is 19.5. The number of Topliss-reactive ketones (excluding diaryl/α,β-unsaturated/α-hetero) is 1. The second kappa shape index (κ2) is 4.90. The first-order valence-corrected chi connectivity index (χ1v) is 5.37. The molecule has 1 amide bonds. The highest BCUT2D eigenvalue weighted by Crippen LogP contribution is 2.07. The molecule has 1 aliphatic rings. The molecular weight excluding hydrogens is 204 g/mol. The van der Waals surface area contributed by atoms with Crippen molar-refractivity contribution in [3.05, 3.63) is 35.9 Å². The zero-order valence-electron chi connectivity index (χ0n) is 8.90. The first kappa shape index (κ1) is 10.8. The second-order valence-electron chi connectivity index (χ2n) is 3.83. The van der Waals surface area contributed by atoms with Crippen LogP contribution in [0.25, 0.3) is 0 Å². The van der Waals surface area contributed by atoms with Crippen molar-refractivity contribution >= 4 is 11.7 Å². The molecule has 0 bridgehead atoms. The third kappa shape index (κ3) is 2.67. The van der Waals surface area contributed by atoms with Gasteiger partial charge >= 0.3 is 0 Å². The van der Waals surface area contributed by atoms with E-state index >= 15 is 0 Å². The van der Waals surface area contributed by atoms with Crippen molar-refractivity contribution in [1.82, 2.24) is 10.6 Å². The van der Waals surface area contributed by atoms with Gasteiger partial charge < -0.3 is 5.32 Å². The van der Waals surface area contributed by atoms with Crippen molar-refractivity contribution in [3.8, 4) is 0 Å². The minimum absolute atomic E-state index is 0.00263. The molecule has 1 unspecified atom stereocenters. The number of carbonyl (C=O) groups excluding carboxylic acids is 2. The van der Waals surface area contributed by atoms with Crippen molar-refractivity contribution in [2.45, 2.75) is 19.0 Å². The van der Waals surface area contributed by atoms with E-state index in [2.05, 4.69) is 10.6 Å². The molecule has 1 aliphatic heterocycles. The fourth-order valence-corrected chi connectivity index (χ4v) is 1.73. The highest BCUT2D eigenvalue weighted by Gasteiger charge is 2.20. The van der Waals surface area contributed by atoms with Crippen LogP contribution in [0.4, 0.5) is 0 Å². The zero-order valence-corrected chi connectivity index (χ0v) is 8.90. The lowest BCUT2D eigenvalue weighted by molar-refractivity contribution is -0.118. The molecule has 2 rings (SSSR count). The van der Waals surface area contributed by atoms with Gasteiger partial charge in [0.25, 0.3) is 0 Å². The van der Waals surface area contributed by atoms with Crippen molar-refractivity contribution in [3.63, 3.8) is 0 Å². The average Bonchev–Trinajstić information content (AvgIpc) is 2.73. The average molecular weight is 218 g/mol. The lowest BCUT2D eigenvalue weighted by atomic mass is 10.1. The second-order valence-corrected chi connectivity index (χ2v) is 3.83. The Morgan fingerprint density at radius 3 is 2.69 bits per heavy atom.